The number of carbonyl (C=O) groups is 1. The maximum absolute atomic E-state index is 12.0. The molecule has 0 aliphatic heterocycles. The number of aromatic nitrogens is 2. The lowest BCUT2D eigenvalue weighted by molar-refractivity contribution is 0.102. The number of hydrogen-bond acceptors (Lipinski definition) is 3. The normalized spacial score (nSPS) is 10.4. The first kappa shape index (κ1) is 12.6. The number of nitrogens with two attached hydrogens (primary N) is 1. The van der Waals surface area contributed by atoms with Gasteiger partial charge in [0, 0.05) is 23.4 Å². The molecule has 0 radical (unpaired) electrons. The van der Waals surface area contributed by atoms with Gasteiger partial charge in [-0.05, 0) is 24.6 Å². The molecule has 0 saturated heterocycles. The second-order valence-electron chi connectivity index (χ2n) is 4.02. The van der Waals surface area contributed by atoms with Crippen molar-refractivity contribution in [1.29, 1.82) is 0 Å². The number of nitrogens with zero attached hydrogens (tertiary/aromatic N) is 2. The van der Waals surface area contributed by atoms with Crippen molar-refractivity contribution in [3.05, 3.63) is 40.1 Å². The van der Waals surface area contributed by atoms with Crippen molar-refractivity contribution in [2.24, 2.45) is 7.05 Å². The summed E-state index contributed by atoms with van der Waals surface area (Å²) >= 11 is 3.42. The van der Waals surface area contributed by atoms with E-state index in [1.54, 1.807) is 13.2 Å². The van der Waals surface area contributed by atoms with Gasteiger partial charge in [-0.1, -0.05) is 22.0 Å². The van der Waals surface area contributed by atoms with Gasteiger partial charge in [-0.25, -0.2) is 0 Å². The van der Waals surface area contributed by atoms with Crippen LogP contribution in [0.1, 0.15) is 16.1 Å². The van der Waals surface area contributed by atoms with Crippen LogP contribution >= 0.6 is 15.9 Å². The minimum absolute atomic E-state index is 0.231. The highest BCUT2D eigenvalue weighted by atomic mass is 79.9. The molecular formula is C12H13BrN4O. The average Bonchev–Trinajstić information content (AvgIpc) is 2.63. The Morgan fingerprint density at radius 3 is 2.78 bits per heavy atom. The van der Waals surface area contributed by atoms with Gasteiger partial charge in [-0.2, -0.15) is 5.10 Å². The Balaban J connectivity index is 2.21. The maximum atomic E-state index is 12.0. The first-order valence-corrected chi connectivity index (χ1v) is 6.13. The van der Waals surface area contributed by atoms with E-state index >= 15 is 0 Å². The van der Waals surface area contributed by atoms with Crippen molar-refractivity contribution in [3.63, 3.8) is 0 Å². The number of benzene rings is 1. The molecule has 0 saturated carbocycles. The van der Waals surface area contributed by atoms with Crippen LogP contribution < -0.4 is 11.1 Å². The van der Waals surface area contributed by atoms with E-state index in [0.717, 1.165) is 10.0 Å². The highest BCUT2D eigenvalue weighted by Crippen LogP contribution is 2.21. The van der Waals surface area contributed by atoms with E-state index in [-0.39, 0.29) is 11.6 Å². The van der Waals surface area contributed by atoms with Crippen molar-refractivity contribution in [3.8, 4) is 0 Å². The molecule has 3 N–H and O–H groups in total. The summed E-state index contributed by atoms with van der Waals surface area (Å²) < 4.78 is 2.45. The Morgan fingerprint density at radius 2 is 2.22 bits per heavy atom. The lowest BCUT2D eigenvalue weighted by Crippen LogP contribution is -2.14. The highest BCUT2D eigenvalue weighted by Gasteiger charge is 2.14. The van der Waals surface area contributed by atoms with Crippen LogP contribution in [0.25, 0.3) is 0 Å². The Morgan fingerprint density at radius 1 is 1.50 bits per heavy atom. The molecule has 0 aliphatic rings. The molecule has 2 rings (SSSR count). The van der Waals surface area contributed by atoms with E-state index in [2.05, 4.69) is 26.3 Å². The van der Waals surface area contributed by atoms with E-state index in [1.165, 1.54) is 4.68 Å². The predicted octanol–water partition coefficient (Wildman–Crippen LogP) is 2.33. The number of halogens is 1. The largest absolute Gasteiger partial charge is 0.396 e. The number of rotatable bonds is 2. The minimum atomic E-state index is -0.316. The highest BCUT2D eigenvalue weighted by molar-refractivity contribution is 9.10. The molecule has 0 atom stereocenters. The van der Waals surface area contributed by atoms with Gasteiger partial charge >= 0.3 is 0 Å². The smallest absolute Gasteiger partial charge is 0.278 e. The van der Waals surface area contributed by atoms with Gasteiger partial charge in [0.1, 0.15) is 0 Å². The molecule has 2 aromatic rings. The molecule has 0 spiro atoms. The molecule has 0 aliphatic carbocycles. The summed E-state index contributed by atoms with van der Waals surface area (Å²) in [6, 6.07) is 5.59. The second kappa shape index (κ2) is 4.81. The van der Waals surface area contributed by atoms with Crippen LogP contribution in [0, 0.1) is 6.92 Å². The van der Waals surface area contributed by atoms with Crippen molar-refractivity contribution in [2.45, 2.75) is 6.92 Å². The molecule has 0 fully saturated rings. The first-order valence-electron chi connectivity index (χ1n) is 5.34. The number of anilines is 2. The summed E-state index contributed by atoms with van der Waals surface area (Å²) in [5.41, 5.74) is 8.09. The third-order valence-electron chi connectivity index (χ3n) is 2.50. The topological polar surface area (TPSA) is 72.9 Å². The molecule has 0 bridgehead atoms. The summed E-state index contributed by atoms with van der Waals surface area (Å²) in [6.07, 6.45) is 1.60. The van der Waals surface area contributed by atoms with Gasteiger partial charge in [-0.15, -0.1) is 0 Å². The van der Waals surface area contributed by atoms with Crippen molar-refractivity contribution in [1.82, 2.24) is 9.78 Å². The molecule has 6 heteroatoms. The number of carbonyl (C=O) groups excluding carboxylic acids is 1. The van der Waals surface area contributed by atoms with E-state index in [4.69, 9.17) is 5.73 Å². The molecular weight excluding hydrogens is 296 g/mol. The van der Waals surface area contributed by atoms with E-state index in [9.17, 15) is 4.79 Å². The van der Waals surface area contributed by atoms with Crippen LogP contribution in [-0.2, 0) is 7.05 Å². The quantitative estimate of drug-likeness (QED) is 0.894. The molecule has 5 nitrogen and oxygen atoms in total. The Labute approximate surface area is 113 Å². The molecule has 1 heterocycles. The predicted molar refractivity (Wildman–Crippen MR) is 74.5 cm³/mol. The van der Waals surface area contributed by atoms with Gasteiger partial charge in [-0.3, -0.25) is 9.48 Å². The fourth-order valence-electron chi connectivity index (χ4n) is 1.54. The zero-order chi connectivity index (χ0) is 13.3. The summed E-state index contributed by atoms with van der Waals surface area (Å²) in [5, 5.41) is 6.77. The lowest BCUT2D eigenvalue weighted by atomic mass is 10.2. The van der Waals surface area contributed by atoms with Crippen molar-refractivity contribution in [2.75, 3.05) is 11.1 Å². The summed E-state index contributed by atoms with van der Waals surface area (Å²) in [7, 11) is 1.72. The fourth-order valence-corrected chi connectivity index (χ4v) is 1.92. The molecule has 1 amide bonds. The minimum Gasteiger partial charge on any atom is -0.396 e. The first-order chi connectivity index (χ1) is 8.47. The van der Waals surface area contributed by atoms with Gasteiger partial charge in [0.15, 0.2) is 5.69 Å². The van der Waals surface area contributed by atoms with Crippen LogP contribution in [0.15, 0.2) is 28.9 Å². The van der Waals surface area contributed by atoms with Crippen molar-refractivity contribution < 1.29 is 4.79 Å². The van der Waals surface area contributed by atoms with Gasteiger partial charge in [0.25, 0.3) is 5.91 Å². The summed E-state index contributed by atoms with van der Waals surface area (Å²) in [5.74, 6) is -0.316. The zero-order valence-electron chi connectivity index (χ0n) is 10.1. The van der Waals surface area contributed by atoms with Crippen LogP contribution in [-0.4, -0.2) is 15.7 Å². The number of hydrogen-bond donors (Lipinski definition) is 2. The van der Waals surface area contributed by atoms with Gasteiger partial charge < -0.3 is 11.1 Å². The lowest BCUT2D eigenvalue weighted by Gasteiger charge is -2.05. The number of amides is 1. The van der Waals surface area contributed by atoms with E-state index < -0.39 is 0 Å². The Bertz CT molecular complexity index is 606. The molecule has 0 unspecified atom stereocenters. The Kier molecular flexibility index (Phi) is 3.38. The fraction of sp³-hybridized carbons (Fsp3) is 0.167. The average molecular weight is 309 g/mol. The summed E-state index contributed by atoms with van der Waals surface area (Å²) in [6.45, 7) is 1.98. The third kappa shape index (κ3) is 2.53. The maximum Gasteiger partial charge on any atom is 0.278 e. The van der Waals surface area contributed by atoms with Crippen LogP contribution in [0.4, 0.5) is 11.4 Å². The molecule has 1 aromatic heterocycles. The van der Waals surface area contributed by atoms with Crippen molar-refractivity contribution >= 4 is 33.2 Å². The standard InChI is InChI=1S/C12H13BrN4O/c1-7-3-4-8(5-9(7)13)15-12(18)11-10(14)6-17(2)16-11/h3-6H,14H2,1-2H3,(H,15,18). The number of aryl methyl sites for hydroxylation is 2. The second-order valence-corrected chi connectivity index (χ2v) is 4.88. The van der Waals surface area contributed by atoms with Crippen LogP contribution in [0.3, 0.4) is 0 Å². The monoisotopic (exact) mass is 308 g/mol. The van der Waals surface area contributed by atoms with Gasteiger partial charge in [0.2, 0.25) is 0 Å². The SMILES string of the molecule is Cc1ccc(NC(=O)c2nn(C)cc2N)cc1Br. The number of nitrogens with one attached hydrogen (secondary N) is 1. The molecule has 94 valence electrons. The third-order valence-corrected chi connectivity index (χ3v) is 3.36. The van der Waals surface area contributed by atoms with Crippen LogP contribution in [0.5, 0.6) is 0 Å². The molecule has 1 aromatic carbocycles. The zero-order valence-corrected chi connectivity index (χ0v) is 11.7. The number of nitrogen functional groups attached to an aromatic ring is 1. The Hall–Kier alpha value is -1.82. The van der Waals surface area contributed by atoms with E-state index in [1.807, 2.05) is 25.1 Å². The van der Waals surface area contributed by atoms with Gasteiger partial charge in [0.05, 0.1) is 5.69 Å². The van der Waals surface area contributed by atoms with Crippen LogP contribution in [0.2, 0.25) is 0 Å². The summed E-state index contributed by atoms with van der Waals surface area (Å²) in [4.78, 5) is 12.0. The van der Waals surface area contributed by atoms with E-state index in [0.29, 0.717) is 11.4 Å². The molecule has 18 heavy (non-hydrogen) atoms.